The van der Waals surface area contributed by atoms with Crippen LogP contribution in [0.1, 0.15) is 28.4 Å². The smallest absolute Gasteiger partial charge is 0.337 e. The largest absolute Gasteiger partial charge is 0.489 e. The molecule has 0 spiro atoms. The van der Waals surface area contributed by atoms with Crippen LogP contribution in [0.5, 0.6) is 5.75 Å². The van der Waals surface area contributed by atoms with Gasteiger partial charge in [0.25, 0.3) is 0 Å². The highest BCUT2D eigenvalue weighted by molar-refractivity contribution is 6.30. The quantitative estimate of drug-likeness (QED) is 0.474. The van der Waals surface area contributed by atoms with E-state index >= 15 is 0 Å². The van der Waals surface area contributed by atoms with Crippen LogP contribution in [0, 0.1) is 0 Å². The molecule has 1 saturated heterocycles. The number of hydrogen-bond donors (Lipinski definition) is 1. The first-order valence-electron chi connectivity index (χ1n) is 11.4. The number of carbonyl (C=O) groups is 2. The third-order valence-electron chi connectivity index (χ3n) is 5.86. The Morgan fingerprint density at radius 1 is 1.06 bits per heavy atom. The monoisotopic (exact) mass is 494 g/mol. The number of rotatable bonds is 8. The van der Waals surface area contributed by atoms with E-state index in [1.165, 1.54) is 6.92 Å². The number of halogens is 1. The minimum atomic E-state index is -1.04. The lowest BCUT2D eigenvalue weighted by Gasteiger charge is -2.31. The first kappa shape index (κ1) is 24.6. The van der Waals surface area contributed by atoms with E-state index in [9.17, 15) is 14.7 Å². The van der Waals surface area contributed by atoms with Crippen molar-refractivity contribution in [3.8, 4) is 5.75 Å². The van der Waals surface area contributed by atoms with Crippen LogP contribution >= 0.6 is 11.6 Å². The van der Waals surface area contributed by atoms with Gasteiger partial charge in [-0.2, -0.15) is 0 Å². The van der Waals surface area contributed by atoms with E-state index in [-0.39, 0.29) is 18.0 Å². The molecule has 7 nitrogen and oxygen atoms in total. The Labute approximate surface area is 209 Å². The molecular weight excluding hydrogens is 468 g/mol. The maximum absolute atomic E-state index is 12.6. The summed E-state index contributed by atoms with van der Waals surface area (Å²) in [5.41, 5.74) is 3.07. The van der Waals surface area contributed by atoms with Crippen LogP contribution < -0.4 is 14.5 Å². The first-order chi connectivity index (χ1) is 16.9. The summed E-state index contributed by atoms with van der Waals surface area (Å²) in [6.07, 6.45) is 0. The summed E-state index contributed by atoms with van der Waals surface area (Å²) in [6.45, 7) is 4.39. The predicted octanol–water partition coefficient (Wildman–Crippen LogP) is 5.01. The average molecular weight is 495 g/mol. The molecule has 1 aliphatic heterocycles. The van der Waals surface area contributed by atoms with Crippen molar-refractivity contribution in [2.45, 2.75) is 20.1 Å². The van der Waals surface area contributed by atoms with Gasteiger partial charge in [0.2, 0.25) is 5.91 Å². The van der Waals surface area contributed by atoms with Gasteiger partial charge in [0.05, 0.1) is 31.0 Å². The van der Waals surface area contributed by atoms with E-state index < -0.39 is 5.97 Å². The zero-order valence-electron chi connectivity index (χ0n) is 19.4. The topological polar surface area (TPSA) is 79.3 Å². The highest BCUT2D eigenvalue weighted by Crippen LogP contribution is 2.30. The Morgan fingerprint density at radius 2 is 1.77 bits per heavy atom. The fraction of sp³-hybridized carbons (Fsp3) is 0.259. The lowest BCUT2D eigenvalue weighted by atomic mass is 10.1. The second kappa shape index (κ2) is 11.3. The summed E-state index contributed by atoms with van der Waals surface area (Å²) in [5.74, 6) is -0.589. The molecule has 3 aromatic carbocycles. The number of ether oxygens (including phenoxy) is 2. The lowest BCUT2D eigenvalue weighted by molar-refractivity contribution is -0.116. The Balaban J connectivity index is 1.58. The fourth-order valence-corrected chi connectivity index (χ4v) is 4.14. The molecule has 1 fully saturated rings. The molecular formula is C27H27ClN2O5. The number of hydrogen-bond acceptors (Lipinski definition) is 5. The highest BCUT2D eigenvalue weighted by Gasteiger charge is 2.22. The first-order valence-corrected chi connectivity index (χ1v) is 11.7. The van der Waals surface area contributed by atoms with Crippen molar-refractivity contribution < 1.29 is 24.2 Å². The molecule has 0 radical (unpaired) electrons. The number of carboxylic acid groups (broad SMARTS) is 1. The van der Waals surface area contributed by atoms with Crippen molar-refractivity contribution in [1.29, 1.82) is 0 Å². The molecule has 4 rings (SSSR count). The zero-order valence-corrected chi connectivity index (χ0v) is 20.2. The SMILES string of the molecule is CC(=O)N(Cc1ccccc1OCc1ccc(Cl)cc1)c1ccc(N2CCOCC2)c(C(=O)O)c1. The second-order valence-corrected chi connectivity index (χ2v) is 8.67. The Bertz CT molecular complexity index is 1190. The Hall–Kier alpha value is -3.55. The fourth-order valence-electron chi connectivity index (χ4n) is 4.01. The average Bonchev–Trinajstić information content (AvgIpc) is 2.87. The van der Waals surface area contributed by atoms with Crippen LogP contribution in [0.4, 0.5) is 11.4 Å². The summed E-state index contributed by atoms with van der Waals surface area (Å²) >= 11 is 5.96. The van der Waals surface area contributed by atoms with Crippen LogP contribution in [-0.2, 0) is 22.7 Å². The van der Waals surface area contributed by atoms with E-state index in [1.54, 1.807) is 23.1 Å². The molecule has 8 heteroatoms. The van der Waals surface area contributed by atoms with Gasteiger partial charge in [-0.1, -0.05) is 41.9 Å². The molecule has 0 atom stereocenters. The van der Waals surface area contributed by atoms with Crippen LogP contribution in [0.25, 0.3) is 0 Å². The molecule has 1 aliphatic rings. The van der Waals surface area contributed by atoms with E-state index in [4.69, 9.17) is 21.1 Å². The van der Waals surface area contributed by atoms with E-state index in [2.05, 4.69) is 0 Å². The van der Waals surface area contributed by atoms with Crippen molar-refractivity contribution in [3.63, 3.8) is 0 Å². The zero-order chi connectivity index (χ0) is 24.8. The minimum absolute atomic E-state index is 0.155. The van der Waals surface area contributed by atoms with Gasteiger partial charge in [-0.05, 0) is 42.0 Å². The van der Waals surface area contributed by atoms with Crippen LogP contribution in [0.15, 0.2) is 66.7 Å². The van der Waals surface area contributed by atoms with Gasteiger partial charge in [0.1, 0.15) is 12.4 Å². The van der Waals surface area contributed by atoms with Crippen molar-refractivity contribution in [2.75, 3.05) is 36.1 Å². The number of nitrogens with zero attached hydrogens (tertiary/aromatic N) is 2. The number of anilines is 2. The molecule has 1 N–H and O–H groups in total. The highest BCUT2D eigenvalue weighted by atomic mass is 35.5. The minimum Gasteiger partial charge on any atom is -0.489 e. The summed E-state index contributed by atoms with van der Waals surface area (Å²) in [7, 11) is 0. The molecule has 0 unspecified atom stereocenters. The molecule has 1 heterocycles. The van der Waals surface area contributed by atoms with Crippen molar-refractivity contribution >= 4 is 34.9 Å². The van der Waals surface area contributed by atoms with Gasteiger partial charge in [-0.25, -0.2) is 4.79 Å². The number of para-hydroxylation sites is 1. The number of morpholine rings is 1. The second-order valence-electron chi connectivity index (χ2n) is 8.23. The van der Waals surface area contributed by atoms with Gasteiger partial charge < -0.3 is 24.4 Å². The third kappa shape index (κ3) is 6.12. The lowest BCUT2D eigenvalue weighted by Crippen LogP contribution is -2.37. The number of carboxylic acids is 1. The third-order valence-corrected chi connectivity index (χ3v) is 6.11. The standard InChI is InChI=1S/C27H27ClN2O5/c1-19(31)30(23-10-11-25(24(16-23)27(32)33)29-12-14-34-15-13-29)17-21-4-2-3-5-26(21)35-18-20-6-8-22(28)9-7-20/h2-11,16H,12-15,17-18H2,1H3,(H,32,33). The summed E-state index contributed by atoms with van der Waals surface area (Å²) in [4.78, 5) is 28.3. The van der Waals surface area contributed by atoms with Gasteiger partial charge in [-0.3, -0.25) is 4.79 Å². The van der Waals surface area contributed by atoms with Gasteiger partial charge in [-0.15, -0.1) is 0 Å². The summed E-state index contributed by atoms with van der Waals surface area (Å²) in [5, 5.41) is 10.5. The van der Waals surface area contributed by atoms with E-state index in [0.717, 1.165) is 11.1 Å². The van der Waals surface area contributed by atoms with E-state index in [1.807, 2.05) is 53.4 Å². The van der Waals surface area contributed by atoms with Crippen molar-refractivity contribution in [1.82, 2.24) is 0 Å². The van der Waals surface area contributed by atoms with Crippen LogP contribution in [0.2, 0.25) is 5.02 Å². The molecule has 182 valence electrons. The van der Waals surface area contributed by atoms with Gasteiger partial charge in [0, 0.05) is 36.3 Å². The molecule has 1 amide bonds. The predicted molar refractivity (Wildman–Crippen MR) is 136 cm³/mol. The van der Waals surface area contributed by atoms with Crippen LogP contribution in [0.3, 0.4) is 0 Å². The maximum Gasteiger partial charge on any atom is 0.337 e. The van der Waals surface area contributed by atoms with Crippen LogP contribution in [-0.4, -0.2) is 43.3 Å². The molecule has 0 bridgehead atoms. The number of carbonyl (C=O) groups excluding carboxylic acids is 1. The maximum atomic E-state index is 12.6. The molecule has 0 aromatic heterocycles. The molecule has 0 saturated carbocycles. The van der Waals surface area contributed by atoms with Gasteiger partial charge in [0.15, 0.2) is 0 Å². The summed E-state index contributed by atoms with van der Waals surface area (Å²) in [6, 6.07) is 20.0. The van der Waals surface area contributed by atoms with Gasteiger partial charge >= 0.3 is 5.97 Å². The summed E-state index contributed by atoms with van der Waals surface area (Å²) < 4.78 is 11.4. The Kier molecular flexibility index (Phi) is 7.90. The number of benzene rings is 3. The Morgan fingerprint density at radius 3 is 2.46 bits per heavy atom. The molecule has 0 aliphatic carbocycles. The van der Waals surface area contributed by atoms with Crippen molar-refractivity contribution in [3.05, 3.63) is 88.4 Å². The number of aromatic carboxylic acids is 1. The van der Waals surface area contributed by atoms with E-state index in [0.29, 0.717) is 55.1 Å². The van der Waals surface area contributed by atoms with Crippen molar-refractivity contribution in [2.24, 2.45) is 0 Å². The number of amides is 1. The molecule has 3 aromatic rings. The molecule has 35 heavy (non-hydrogen) atoms. The normalized spacial score (nSPS) is 13.4.